The van der Waals surface area contributed by atoms with Crippen LogP contribution in [0.3, 0.4) is 0 Å². The first kappa shape index (κ1) is 6.03. The predicted octanol–water partition coefficient (Wildman–Crippen LogP) is 0.856. The van der Waals surface area contributed by atoms with E-state index in [2.05, 4.69) is 4.98 Å². The molecule has 0 saturated heterocycles. The lowest BCUT2D eigenvalue weighted by atomic mass is 10.4. The fourth-order valence-electron chi connectivity index (χ4n) is 1.04. The van der Waals surface area contributed by atoms with E-state index in [0.717, 1.165) is 4.73 Å². The maximum Gasteiger partial charge on any atom is 0.142 e. The van der Waals surface area contributed by atoms with Crippen LogP contribution in [0.1, 0.15) is 0 Å². The van der Waals surface area contributed by atoms with Gasteiger partial charge in [-0.25, -0.2) is 0 Å². The molecule has 4 nitrogen and oxygen atoms in total. The van der Waals surface area contributed by atoms with E-state index >= 15 is 0 Å². The Kier molecular flexibility index (Phi) is 1.03. The van der Waals surface area contributed by atoms with Crippen molar-refractivity contribution in [2.45, 2.75) is 0 Å². The first-order valence-electron chi connectivity index (χ1n) is 3.20. The van der Waals surface area contributed by atoms with Gasteiger partial charge in [-0.1, -0.05) is 0 Å². The van der Waals surface area contributed by atoms with Gasteiger partial charge in [-0.3, -0.25) is 4.98 Å². The second kappa shape index (κ2) is 1.88. The van der Waals surface area contributed by atoms with Gasteiger partial charge in [0.05, 0.1) is 5.52 Å². The minimum Gasteiger partial charge on any atom is -0.426 e. The molecule has 0 saturated carbocycles. The van der Waals surface area contributed by atoms with Crippen molar-refractivity contribution in [2.24, 2.45) is 0 Å². The molecule has 2 heterocycles. The van der Waals surface area contributed by atoms with Crippen LogP contribution in [-0.2, 0) is 0 Å². The third-order valence-corrected chi connectivity index (χ3v) is 1.57. The molecule has 0 unspecified atom stereocenters. The summed E-state index contributed by atoms with van der Waals surface area (Å²) in [4.78, 5) is 4.00. The highest BCUT2D eigenvalue weighted by molar-refractivity contribution is 5.79. The molecule has 11 heavy (non-hydrogen) atoms. The lowest BCUT2D eigenvalue weighted by Crippen LogP contribution is -1.95. The lowest BCUT2D eigenvalue weighted by molar-refractivity contribution is 0.206. The minimum absolute atomic E-state index is 0.304. The average molecular weight is 149 g/mol. The molecule has 0 atom stereocenters. The van der Waals surface area contributed by atoms with Crippen molar-refractivity contribution in [1.29, 1.82) is 0 Å². The van der Waals surface area contributed by atoms with Crippen LogP contribution in [0.5, 0.6) is 0 Å². The highest BCUT2D eigenvalue weighted by atomic mass is 16.5. The normalized spacial score (nSPS) is 10.5. The van der Waals surface area contributed by atoms with Gasteiger partial charge in [-0.05, 0) is 12.1 Å². The maximum absolute atomic E-state index is 9.25. The quantitative estimate of drug-likeness (QED) is 0.546. The highest BCUT2D eigenvalue weighted by Gasteiger charge is 2.03. The minimum atomic E-state index is 0.304. The Morgan fingerprint density at radius 1 is 1.55 bits per heavy atom. The molecule has 0 aromatic carbocycles. The molecule has 0 aliphatic heterocycles. The Bertz CT molecular complexity index is 393. The van der Waals surface area contributed by atoms with E-state index in [0.29, 0.717) is 16.9 Å². The number of pyridine rings is 1. The third kappa shape index (κ3) is 0.724. The van der Waals surface area contributed by atoms with Crippen LogP contribution in [0.15, 0.2) is 24.4 Å². The number of hydrogen-bond acceptors (Lipinski definition) is 3. The van der Waals surface area contributed by atoms with Gasteiger partial charge in [0.1, 0.15) is 11.3 Å². The Hall–Kier alpha value is -1.71. The number of aromatic nitrogens is 2. The van der Waals surface area contributed by atoms with E-state index in [1.165, 1.54) is 0 Å². The van der Waals surface area contributed by atoms with Gasteiger partial charge in [0, 0.05) is 12.3 Å². The summed E-state index contributed by atoms with van der Waals surface area (Å²) in [6.07, 6.45) is 1.65. The molecule has 0 spiro atoms. The molecule has 56 valence electrons. The Morgan fingerprint density at radius 2 is 2.36 bits per heavy atom. The molecule has 0 fully saturated rings. The number of nitrogens with zero attached hydrogens (tertiary/aromatic N) is 2. The Morgan fingerprint density at radius 3 is 3.09 bits per heavy atom. The number of nitrogen functional groups attached to an aromatic ring is 1. The van der Waals surface area contributed by atoms with Crippen molar-refractivity contribution in [3.05, 3.63) is 24.4 Å². The summed E-state index contributed by atoms with van der Waals surface area (Å²) in [5, 5.41) is 9.25. The van der Waals surface area contributed by atoms with Gasteiger partial charge in [-0.2, -0.15) is 4.73 Å². The van der Waals surface area contributed by atoms with E-state index in [1.54, 1.807) is 24.4 Å². The summed E-state index contributed by atoms with van der Waals surface area (Å²) in [6.45, 7) is 0. The van der Waals surface area contributed by atoms with Crippen molar-refractivity contribution >= 4 is 16.9 Å². The van der Waals surface area contributed by atoms with E-state index < -0.39 is 0 Å². The lowest BCUT2D eigenvalue weighted by Gasteiger charge is -1.93. The second-order valence-electron chi connectivity index (χ2n) is 2.29. The molecular formula is C7H7N3O. The smallest absolute Gasteiger partial charge is 0.142 e. The van der Waals surface area contributed by atoms with Gasteiger partial charge in [0.2, 0.25) is 0 Å². The van der Waals surface area contributed by atoms with Crippen molar-refractivity contribution in [1.82, 2.24) is 9.71 Å². The summed E-state index contributed by atoms with van der Waals surface area (Å²) in [5.41, 5.74) is 6.76. The summed E-state index contributed by atoms with van der Waals surface area (Å²) < 4.78 is 0.919. The fraction of sp³-hybridized carbons (Fsp3) is 0. The Balaban J connectivity index is 2.92. The molecule has 0 bridgehead atoms. The standard InChI is InChI=1S/C7H7N3O/c8-7-4-5-6(10(7)11)2-1-3-9-5/h1-4,11H,8H2. The van der Waals surface area contributed by atoms with Crippen LogP contribution in [0.25, 0.3) is 11.0 Å². The van der Waals surface area contributed by atoms with Crippen molar-refractivity contribution < 1.29 is 5.21 Å². The number of fused-ring (bicyclic) bond motifs is 1. The van der Waals surface area contributed by atoms with Gasteiger partial charge < -0.3 is 10.9 Å². The first-order chi connectivity index (χ1) is 5.29. The first-order valence-corrected chi connectivity index (χ1v) is 3.20. The molecule has 2 aromatic heterocycles. The maximum atomic E-state index is 9.25. The molecule has 0 aliphatic carbocycles. The average Bonchev–Trinajstić information content (AvgIpc) is 2.30. The third-order valence-electron chi connectivity index (χ3n) is 1.57. The zero-order chi connectivity index (χ0) is 7.84. The fourth-order valence-corrected chi connectivity index (χ4v) is 1.04. The summed E-state index contributed by atoms with van der Waals surface area (Å²) >= 11 is 0. The van der Waals surface area contributed by atoms with Gasteiger partial charge in [0.15, 0.2) is 0 Å². The number of nitrogens with two attached hydrogens (primary N) is 1. The van der Waals surface area contributed by atoms with Crippen LogP contribution in [0, 0.1) is 0 Å². The van der Waals surface area contributed by atoms with Crippen LogP contribution in [0.2, 0.25) is 0 Å². The molecular weight excluding hydrogens is 142 g/mol. The van der Waals surface area contributed by atoms with Crippen LogP contribution < -0.4 is 5.73 Å². The second-order valence-corrected chi connectivity index (χ2v) is 2.29. The zero-order valence-electron chi connectivity index (χ0n) is 5.73. The summed E-state index contributed by atoms with van der Waals surface area (Å²) in [6, 6.07) is 5.11. The van der Waals surface area contributed by atoms with Crippen molar-refractivity contribution in [3.63, 3.8) is 0 Å². The van der Waals surface area contributed by atoms with Gasteiger partial charge in [0.25, 0.3) is 0 Å². The number of anilines is 1. The summed E-state index contributed by atoms with van der Waals surface area (Å²) in [5.74, 6) is 0.304. The van der Waals surface area contributed by atoms with Crippen LogP contribution in [0.4, 0.5) is 5.82 Å². The topological polar surface area (TPSA) is 64.1 Å². The van der Waals surface area contributed by atoms with Crippen LogP contribution >= 0.6 is 0 Å². The monoisotopic (exact) mass is 149 g/mol. The Labute approximate surface area is 62.8 Å². The zero-order valence-corrected chi connectivity index (χ0v) is 5.73. The SMILES string of the molecule is Nc1cc2ncccc2n1O. The molecule has 0 amide bonds. The van der Waals surface area contributed by atoms with Gasteiger partial charge >= 0.3 is 0 Å². The molecule has 0 radical (unpaired) electrons. The molecule has 3 N–H and O–H groups in total. The highest BCUT2D eigenvalue weighted by Crippen LogP contribution is 2.16. The van der Waals surface area contributed by atoms with Crippen molar-refractivity contribution in [3.8, 4) is 0 Å². The van der Waals surface area contributed by atoms with E-state index in [4.69, 9.17) is 5.73 Å². The molecule has 4 heteroatoms. The predicted molar refractivity (Wildman–Crippen MR) is 41.3 cm³/mol. The van der Waals surface area contributed by atoms with Gasteiger partial charge in [-0.15, -0.1) is 0 Å². The van der Waals surface area contributed by atoms with E-state index in [9.17, 15) is 5.21 Å². The summed E-state index contributed by atoms with van der Waals surface area (Å²) in [7, 11) is 0. The van der Waals surface area contributed by atoms with Crippen LogP contribution in [-0.4, -0.2) is 14.9 Å². The van der Waals surface area contributed by atoms with E-state index in [1.807, 2.05) is 0 Å². The largest absolute Gasteiger partial charge is 0.426 e. The molecule has 0 aliphatic rings. The van der Waals surface area contributed by atoms with E-state index in [-0.39, 0.29) is 0 Å². The van der Waals surface area contributed by atoms with Crippen molar-refractivity contribution in [2.75, 3.05) is 5.73 Å². The number of rotatable bonds is 0. The number of hydrogen-bond donors (Lipinski definition) is 2. The molecule has 2 rings (SSSR count). The molecule has 2 aromatic rings.